The van der Waals surface area contributed by atoms with E-state index in [4.69, 9.17) is 4.74 Å². The summed E-state index contributed by atoms with van der Waals surface area (Å²) < 4.78 is 5.30. The van der Waals surface area contributed by atoms with Gasteiger partial charge in [0.05, 0.1) is 0 Å². The molecular weight excluding hydrogens is 370 g/mol. The Morgan fingerprint density at radius 2 is 1.89 bits per heavy atom. The minimum absolute atomic E-state index is 0.0336. The molecule has 28 heavy (non-hydrogen) atoms. The summed E-state index contributed by atoms with van der Waals surface area (Å²) in [5.74, 6) is -1.63. The summed E-state index contributed by atoms with van der Waals surface area (Å²) in [5.41, 5.74) is -0.173. The Labute approximate surface area is 161 Å². The average molecular weight is 393 g/mol. The summed E-state index contributed by atoms with van der Waals surface area (Å²) in [7, 11) is 1.27. The highest BCUT2D eigenvalue weighted by Crippen LogP contribution is 2.29. The third-order valence-electron chi connectivity index (χ3n) is 4.05. The second-order valence-corrected chi connectivity index (χ2v) is 6.27. The lowest BCUT2D eigenvalue weighted by Crippen LogP contribution is -2.41. The van der Waals surface area contributed by atoms with Crippen LogP contribution in [0.4, 0.5) is 0 Å². The zero-order valence-electron chi connectivity index (χ0n) is 15.4. The highest BCUT2D eigenvalue weighted by molar-refractivity contribution is 5.99. The third kappa shape index (κ3) is 5.10. The van der Waals surface area contributed by atoms with Crippen molar-refractivity contribution < 1.29 is 39.9 Å². The highest BCUT2D eigenvalue weighted by Gasteiger charge is 2.28. The van der Waals surface area contributed by atoms with Gasteiger partial charge >= 0.3 is 5.97 Å². The maximum atomic E-state index is 12.5. The molecule has 0 spiro atoms. The van der Waals surface area contributed by atoms with E-state index in [9.17, 15) is 30.3 Å². The minimum Gasteiger partial charge on any atom is -0.508 e. The van der Waals surface area contributed by atoms with E-state index in [0.717, 1.165) is 12.1 Å². The molecule has 1 heterocycles. The van der Waals surface area contributed by atoms with Gasteiger partial charge in [0, 0.05) is 12.5 Å². The molecular formula is C19H23NO8. The lowest BCUT2D eigenvalue weighted by atomic mass is 9.99. The van der Waals surface area contributed by atoms with Gasteiger partial charge in [0.25, 0.3) is 0 Å². The van der Waals surface area contributed by atoms with Gasteiger partial charge in [0.1, 0.15) is 54.3 Å². The Kier molecular flexibility index (Phi) is 7.16. The number of cyclic esters (lactones) is 1. The van der Waals surface area contributed by atoms with Crippen molar-refractivity contribution in [3.05, 3.63) is 41.5 Å². The lowest BCUT2D eigenvalue weighted by Gasteiger charge is -2.21. The molecule has 0 saturated carbocycles. The van der Waals surface area contributed by atoms with Gasteiger partial charge in [0.2, 0.25) is 0 Å². The van der Waals surface area contributed by atoms with Crippen molar-refractivity contribution in [2.24, 2.45) is 5.16 Å². The predicted octanol–water partition coefficient (Wildman–Crippen LogP) is 0.701. The Morgan fingerprint density at radius 1 is 1.18 bits per heavy atom. The lowest BCUT2D eigenvalue weighted by molar-refractivity contribution is -0.0139. The number of benzene rings is 1. The van der Waals surface area contributed by atoms with Gasteiger partial charge < -0.3 is 35.1 Å². The van der Waals surface area contributed by atoms with Crippen LogP contribution in [0.25, 0.3) is 6.08 Å². The number of hydrogen-bond acceptors (Lipinski definition) is 9. The number of carbonyl (C=O) groups excluding carboxylic acids is 1. The van der Waals surface area contributed by atoms with Crippen molar-refractivity contribution in [2.75, 3.05) is 7.11 Å². The van der Waals surface area contributed by atoms with E-state index in [1.165, 1.54) is 25.3 Å². The van der Waals surface area contributed by atoms with Gasteiger partial charge in [-0.3, -0.25) is 0 Å². The summed E-state index contributed by atoms with van der Waals surface area (Å²) in [6.07, 6.45) is 0.131. The zero-order chi connectivity index (χ0) is 20.8. The van der Waals surface area contributed by atoms with Gasteiger partial charge in [-0.2, -0.15) is 0 Å². The molecule has 9 nitrogen and oxygen atoms in total. The number of aromatic hydroxyl groups is 2. The monoisotopic (exact) mass is 393 g/mol. The number of fused-ring (bicyclic) bond motifs is 1. The number of esters is 1. The number of phenols is 2. The maximum Gasteiger partial charge on any atom is 0.342 e. The van der Waals surface area contributed by atoms with Crippen molar-refractivity contribution in [3.8, 4) is 11.5 Å². The molecule has 4 atom stereocenters. The number of oxime groups is 1. The smallest absolute Gasteiger partial charge is 0.342 e. The standard InChI is InChI=1S/C19H23NO8/c1-10-4-3-5-13(20-27-2)17(24)18(25)14(22)7-6-11-8-12(21)9-15(23)16(11)19(26)28-10/h3,5-10,14,17-18,21-25H,4H2,1-2H3/b5-3-,7-6+,20-13+/t10-,14-,17-,18+/m1/s1. The Balaban J connectivity index is 2.51. The largest absolute Gasteiger partial charge is 0.508 e. The van der Waals surface area contributed by atoms with E-state index in [2.05, 4.69) is 9.99 Å². The molecule has 0 aliphatic carbocycles. The Morgan fingerprint density at radius 3 is 2.57 bits per heavy atom. The van der Waals surface area contributed by atoms with Crippen LogP contribution < -0.4 is 0 Å². The first kappa shape index (κ1) is 21.4. The zero-order valence-corrected chi connectivity index (χ0v) is 15.4. The number of ether oxygens (including phenoxy) is 1. The van der Waals surface area contributed by atoms with Crippen LogP contribution in [0.1, 0.15) is 29.3 Å². The van der Waals surface area contributed by atoms with Gasteiger partial charge in [-0.25, -0.2) is 4.79 Å². The molecule has 1 aromatic rings. The Bertz CT molecular complexity index is 801. The van der Waals surface area contributed by atoms with Gasteiger partial charge in [0.15, 0.2) is 0 Å². The quantitative estimate of drug-likeness (QED) is 0.346. The van der Waals surface area contributed by atoms with Gasteiger partial charge in [-0.05, 0) is 24.6 Å². The predicted molar refractivity (Wildman–Crippen MR) is 99.9 cm³/mol. The number of rotatable bonds is 1. The molecule has 0 amide bonds. The fourth-order valence-corrected chi connectivity index (χ4v) is 2.62. The molecule has 0 aromatic heterocycles. The topological polar surface area (TPSA) is 149 Å². The van der Waals surface area contributed by atoms with Crippen molar-refractivity contribution in [3.63, 3.8) is 0 Å². The molecule has 0 fully saturated rings. The fourth-order valence-electron chi connectivity index (χ4n) is 2.62. The first-order chi connectivity index (χ1) is 13.2. The number of phenolic OH excluding ortho intramolecular Hbond substituents is 2. The first-order valence-electron chi connectivity index (χ1n) is 8.51. The van der Waals surface area contributed by atoms with E-state index >= 15 is 0 Å². The van der Waals surface area contributed by atoms with Crippen LogP contribution in [0.3, 0.4) is 0 Å². The molecule has 152 valence electrons. The normalized spacial score (nSPS) is 30.0. The molecule has 0 unspecified atom stereocenters. The number of aliphatic hydroxyl groups excluding tert-OH is 3. The van der Waals surface area contributed by atoms with Crippen molar-refractivity contribution in [1.82, 2.24) is 0 Å². The molecule has 5 N–H and O–H groups in total. The fraction of sp³-hybridized carbons (Fsp3) is 0.368. The minimum atomic E-state index is -1.66. The molecule has 1 aliphatic heterocycles. The average Bonchev–Trinajstić information content (AvgIpc) is 2.62. The molecule has 1 aliphatic rings. The highest BCUT2D eigenvalue weighted by atomic mass is 16.6. The van der Waals surface area contributed by atoms with Crippen LogP contribution in [0, 0.1) is 0 Å². The number of carbonyl (C=O) groups is 1. The SMILES string of the molecule is CO/N=C1\C=C/C[C@@H](C)OC(=O)c2c(O)cc(O)cc2/C=C/[C@@H](O)[C@H](O)[C@@H]1O. The van der Waals surface area contributed by atoms with Crippen LogP contribution in [0.5, 0.6) is 11.5 Å². The number of nitrogens with zero attached hydrogens (tertiary/aromatic N) is 1. The molecule has 1 aromatic carbocycles. The summed E-state index contributed by atoms with van der Waals surface area (Å²) >= 11 is 0. The molecule has 0 radical (unpaired) electrons. The molecule has 0 bridgehead atoms. The van der Waals surface area contributed by atoms with Crippen LogP contribution in [0.15, 0.2) is 35.5 Å². The Hall–Kier alpha value is -2.88. The van der Waals surface area contributed by atoms with E-state index < -0.39 is 36.1 Å². The van der Waals surface area contributed by atoms with E-state index in [-0.39, 0.29) is 29.0 Å². The van der Waals surface area contributed by atoms with Gasteiger partial charge in [-0.1, -0.05) is 23.4 Å². The second-order valence-electron chi connectivity index (χ2n) is 6.27. The van der Waals surface area contributed by atoms with E-state index in [1.54, 1.807) is 13.0 Å². The summed E-state index contributed by atoms with van der Waals surface area (Å²) in [6.45, 7) is 1.63. The molecule has 2 rings (SSSR count). The van der Waals surface area contributed by atoms with Crippen molar-refractivity contribution in [1.29, 1.82) is 0 Å². The van der Waals surface area contributed by atoms with Crippen LogP contribution >= 0.6 is 0 Å². The van der Waals surface area contributed by atoms with Crippen LogP contribution in [-0.2, 0) is 9.57 Å². The van der Waals surface area contributed by atoms with Crippen LogP contribution in [0.2, 0.25) is 0 Å². The first-order valence-corrected chi connectivity index (χ1v) is 8.51. The second kappa shape index (κ2) is 9.36. The van der Waals surface area contributed by atoms with Crippen LogP contribution in [-0.4, -0.2) is 68.7 Å². The molecule has 0 saturated heterocycles. The van der Waals surface area contributed by atoms with Crippen molar-refractivity contribution >= 4 is 17.8 Å². The van der Waals surface area contributed by atoms with Gasteiger partial charge in [-0.15, -0.1) is 0 Å². The number of hydrogen-bond donors (Lipinski definition) is 5. The summed E-state index contributed by atoms with van der Waals surface area (Å²) in [5, 5.41) is 54.0. The maximum absolute atomic E-state index is 12.5. The summed E-state index contributed by atoms with van der Waals surface area (Å²) in [6, 6.07) is 2.18. The van der Waals surface area contributed by atoms with E-state index in [1.807, 2.05) is 0 Å². The number of aliphatic hydroxyl groups is 3. The third-order valence-corrected chi connectivity index (χ3v) is 4.05. The van der Waals surface area contributed by atoms with Crippen molar-refractivity contribution in [2.45, 2.75) is 37.8 Å². The molecule has 9 heteroatoms. The van der Waals surface area contributed by atoms with E-state index in [0.29, 0.717) is 0 Å². The summed E-state index contributed by atoms with van der Waals surface area (Å²) in [4.78, 5) is 17.1.